The van der Waals surface area contributed by atoms with Gasteiger partial charge in [0.25, 0.3) is 0 Å². The van der Waals surface area contributed by atoms with Gasteiger partial charge in [0.2, 0.25) is 0 Å². The van der Waals surface area contributed by atoms with Gasteiger partial charge in [0.15, 0.2) is 0 Å². The van der Waals surface area contributed by atoms with E-state index in [9.17, 15) is 0 Å². The van der Waals surface area contributed by atoms with E-state index in [0.29, 0.717) is 5.92 Å². The summed E-state index contributed by atoms with van der Waals surface area (Å²) in [5.74, 6) is 0.400. The summed E-state index contributed by atoms with van der Waals surface area (Å²) in [6.45, 7) is 21.3. The van der Waals surface area contributed by atoms with Crippen LogP contribution in [0.4, 0.5) is 0 Å². The van der Waals surface area contributed by atoms with Crippen molar-refractivity contribution >= 4 is 0 Å². The Morgan fingerprint density at radius 2 is 1.50 bits per heavy atom. The standard InChI is InChI=1S/C19H41NO2/c1-10-11-12-21-19(8,9)18(6,7)15(2)14-22-17(4,5)13-16(3)20/h15-16H,10-14,20H2,1-9H3. The summed E-state index contributed by atoms with van der Waals surface area (Å²) in [4.78, 5) is 0. The normalized spacial score (nSPS) is 16.6. The molecule has 0 saturated heterocycles. The summed E-state index contributed by atoms with van der Waals surface area (Å²) < 4.78 is 12.4. The first kappa shape index (κ1) is 21.9. The lowest BCUT2D eigenvalue weighted by Crippen LogP contribution is -2.48. The van der Waals surface area contributed by atoms with Crippen LogP contribution < -0.4 is 5.73 Å². The molecule has 0 spiro atoms. The molecule has 22 heavy (non-hydrogen) atoms. The van der Waals surface area contributed by atoms with Gasteiger partial charge in [-0.05, 0) is 58.8 Å². The number of hydrogen-bond acceptors (Lipinski definition) is 3. The molecule has 0 rings (SSSR count). The van der Waals surface area contributed by atoms with Crippen molar-refractivity contribution in [1.29, 1.82) is 0 Å². The third kappa shape index (κ3) is 6.97. The fourth-order valence-electron chi connectivity index (χ4n) is 2.64. The van der Waals surface area contributed by atoms with Crippen molar-refractivity contribution < 1.29 is 9.47 Å². The van der Waals surface area contributed by atoms with Crippen molar-refractivity contribution in [2.45, 2.75) is 98.8 Å². The Morgan fingerprint density at radius 3 is 1.95 bits per heavy atom. The first-order chi connectivity index (χ1) is 9.85. The van der Waals surface area contributed by atoms with Crippen LogP contribution in [-0.2, 0) is 9.47 Å². The summed E-state index contributed by atoms with van der Waals surface area (Å²) in [7, 11) is 0. The Kier molecular flexibility index (Phi) is 8.61. The molecule has 3 heteroatoms. The Bertz CT molecular complexity index is 309. The molecule has 0 aliphatic carbocycles. The van der Waals surface area contributed by atoms with Crippen molar-refractivity contribution in [2.24, 2.45) is 17.1 Å². The summed E-state index contributed by atoms with van der Waals surface area (Å²) in [5, 5.41) is 0. The summed E-state index contributed by atoms with van der Waals surface area (Å²) in [5.41, 5.74) is 5.60. The SMILES string of the molecule is CCCCOC(C)(C)C(C)(C)C(C)COC(C)(C)CC(C)N. The molecule has 0 bridgehead atoms. The van der Waals surface area contributed by atoms with E-state index in [-0.39, 0.29) is 22.7 Å². The molecule has 2 N–H and O–H groups in total. The molecule has 0 fully saturated rings. The number of nitrogens with two attached hydrogens (primary N) is 1. The highest BCUT2D eigenvalue weighted by Gasteiger charge is 2.42. The van der Waals surface area contributed by atoms with Gasteiger partial charge in [-0.1, -0.05) is 34.1 Å². The third-order valence-electron chi connectivity index (χ3n) is 5.28. The van der Waals surface area contributed by atoms with Gasteiger partial charge in [0, 0.05) is 12.6 Å². The lowest BCUT2D eigenvalue weighted by Gasteiger charge is -2.46. The summed E-state index contributed by atoms with van der Waals surface area (Å²) >= 11 is 0. The maximum atomic E-state index is 6.18. The van der Waals surface area contributed by atoms with Crippen LogP contribution in [0.2, 0.25) is 0 Å². The molecular formula is C19H41NO2. The van der Waals surface area contributed by atoms with Crippen molar-refractivity contribution in [3.8, 4) is 0 Å². The van der Waals surface area contributed by atoms with E-state index in [1.54, 1.807) is 0 Å². The van der Waals surface area contributed by atoms with E-state index in [1.807, 2.05) is 6.92 Å². The number of hydrogen-bond donors (Lipinski definition) is 1. The van der Waals surface area contributed by atoms with Gasteiger partial charge in [0.1, 0.15) is 0 Å². The van der Waals surface area contributed by atoms with Crippen LogP contribution in [0, 0.1) is 11.3 Å². The molecule has 0 saturated carbocycles. The molecule has 0 aliphatic rings. The van der Waals surface area contributed by atoms with Crippen LogP contribution in [0.5, 0.6) is 0 Å². The lowest BCUT2D eigenvalue weighted by atomic mass is 9.68. The molecule has 0 heterocycles. The Labute approximate surface area is 139 Å². The molecule has 2 unspecified atom stereocenters. The minimum atomic E-state index is -0.175. The molecule has 134 valence electrons. The van der Waals surface area contributed by atoms with Crippen LogP contribution in [0.3, 0.4) is 0 Å². The van der Waals surface area contributed by atoms with Crippen molar-refractivity contribution in [2.75, 3.05) is 13.2 Å². The Morgan fingerprint density at radius 1 is 0.955 bits per heavy atom. The molecular weight excluding hydrogens is 274 g/mol. The van der Waals surface area contributed by atoms with Gasteiger partial charge in [-0.25, -0.2) is 0 Å². The predicted molar refractivity (Wildman–Crippen MR) is 96.2 cm³/mol. The van der Waals surface area contributed by atoms with Gasteiger partial charge >= 0.3 is 0 Å². The van der Waals surface area contributed by atoms with Gasteiger partial charge in [-0.15, -0.1) is 0 Å². The molecule has 2 atom stereocenters. The summed E-state index contributed by atoms with van der Waals surface area (Å²) in [6.07, 6.45) is 3.16. The van der Waals surface area contributed by atoms with E-state index in [0.717, 1.165) is 26.1 Å². The van der Waals surface area contributed by atoms with Crippen LogP contribution >= 0.6 is 0 Å². The van der Waals surface area contributed by atoms with E-state index in [1.165, 1.54) is 6.42 Å². The highest BCUT2D eigenvalue weighted by Crippen LogP contribution is 2.41. The second-order valence-electron chi connectivity index (χ2n) is 8.59. The molecule has 0 radical (unpaired) electrons. The summed E-state index contributed by atoms with van der Waals surface area (Å²) in [6, 6.07) is 0.159. The lowest BCUT2D eigenvalue weighted by molar-refractivity contribution is -0.141. The molecule has 0 aromatic carbocycles. The first-order valence-electron chi connectivity index (χ1n) is 8.89. The van der Waals surface area contributed by atoms with E-state index >= 15 is 0 Å². The van der Waals surface area contributed by atoms with Crippen molar-refractivity contribution in [3.05, 3.63) is 0 Å². The first-order valence-corrected chi connectivity index (χ1v) is 8.89. The maximum absolute atomic E-state index is 6.18. The van der Waals surface area contributed by atoms with Crippen LogP contribution in [0.25, 0.3) is 0 Å². The molecule has 3 nitrogen and oxygen atoms in total. The minimum Gasteiger partial charge on any atom is -0.375 e. The Hall–Kier alpha value is -0.120. The number of rotatable bonds is 11. The highest BCUT2D eigenvalue weighted by molar-refractivity contribution is 4.92. The monoisotopic (exact) mass is 315 g/mol. The number of ether oxygens (including phenoxy) is 2. The van der Waals surface area contributed by atoms with E-state index < -0.39 is 0 Å². The quantitative estimate of drug-likeness (QED) is 0.558. The fraction of sp³-hybridized carbons (Fsp3) is 1.00. The minimum absolute atomic E-state index is 0.0329. The van der Waals surface area contributed by atoms with Gasteiger partial charge in [0.05, 0.1) is 17.8 Å². The maximum Gasteiger partial charge on any atom is 0.0680 e. The molecule has 0 amide bonds. The van der Waals surface area contributed by atoms with E-state index in [2.05, 4.69) is 55.4 Å². The zero-order valence-electron chi connectivity index (χ0n) is 16.6. The highest BCUT2D eigenvalue weighted by atomic mass is 16.5. The average Bonchev–Trinajstić information content (AvgIpc) is 2.34. The van der Waals surface area contributed by atoms with Gasteiger partial charge in [-0.2, -0.15) is 0 Å². The van der Waals surface area contributed by atoms with Crippen LogP contribution in [-0.4, -0.2) is 30.5 Å². The topological polar surface area (TPSA) is 44.5 Å². The largest absolute Gasteiger partial charge is 0.375 e. The zero-order chi connectivity index (χ0) is 17.6. The average molecular weight is 316 g/mol. The second kappa shape index (κ2) is 8.65. The second-order valence-corrected chi connectivity index (χ2v) is 8.59. The van der Waals surface area contributed by atoms with Crippen molar-refractivity contribution in [1.82, 2.24) is 0 Å². The molecule has 0 aromatic heterocycles. The molecule has 0 aromatic rings. The van der Waals surface area contributed by atoms with Crippen LogP contribution in [0.15, 0.2) is 0 Å². The Balaban J connectivity index is 4.63. The zero-order valence-corrected chi connectivity index (χ0v) is 16.6. The number of unbranched alkanes of at least 4 members (excludes halogenated alkanes) is 1. The molecule has 0 aliphatic heterocycles. The van der Waals surface area contributed by atoms with Gasteiger partial charge < -0.3 is 15.2 Å². The predicted octanol–water partition coefficient (Wildman–Crippen LogP) is 4.78. The van der Waals surface area contributed by atoms with E-state index in [4.69, 9.17) is 15.2 Å². The fourth-order valence-corrected chi connectivity index (χ4v) is 2.64. The van der Waals surface area contributed by atoms with Crippen molar-refractivity contribution in [3.63, 3.8) is 0 Å². The third-order valence-corrected chi connectivity index (χ3v) is 5.28. The van der Waals surface area contributed by atoms with Crippen LogP contribution in [0.1, 0.15) is 81.6 Å². The van der Waals surface area contributed by atoms with Gasteiger partial charge in [-0.3, -0.25) is 0 Å². The smallest absolute Gasteiger partial charge is 0.0680 e.